The SMILES string of the molecule is Cc1cc(Br)ccc1NC(=O)COc1cccc2c1OC(C)(C)C2. The van der Waals surface area contributed by atoms with Gasteiger partial charge in [0.15, 0.2) is 18.1 Å². The lowest BCUT2D eigenvalue weighted by molar-refractivity contribution is -0.118. The zero-order valence-corrected chi connectivity index (χ0v) is 15.6. The Morgan fingerprint density at radius 2 is 2.12 bits per heavy atom. The molecular formula is C19H20BrNO3. The maximum absolute atomic E-state index is 12.2. The predicted molar refractivity (Wildman–Crippen MR) is 97.9 cm³/mol. The molecule has 1 N–H and O–H groups in total. The summed E-state index contributed by atoms with van der Waals surface area (Å²) >= 11 is 3.41. The standard InChI is InChI=1S/C19H20BrNO3/c1-12-9-14(20)7-8-15(12)21-17(22)11-23-16-6-4-5-13-10-19(2,3)24-18(13)16/h4-9H,10-11H2,1-3H3,(H,21,22). The smallest absolute Gasteiger partial charge is 0.262 e. The molecule has 0 fully saturated rings. The highest BCUT2D eigenvalue weighted by molar-refractivity contribution is 9.10. The highest BCUT2D eigenvalue weighted by atomic mass is 79.9. The van der Waals surface area contributed by atoms with Crippen LogP contribution in [0.5, 0.6) is 11.5 Å². The van der Waals surface area contributed by atoms with Crippen LogP contribution in [0.1, 0.15) is 25.0 Å². The van der Waals surface area contributed by atoms with Crippen molar-refractivity contribution in [1.82, 2.24) is 0 Å². The molecule has 1 aliphatic heterocycles. The van der Waals surface area contributed by atoms with E-state index >= 15 is 0 Å². The minimum atomic E-state index is -0.238. The van der Waals surface area contributed by atoms with Gasteiger partial charge in [-0.05, 0) is 50.6 Å². The molecule has 4 nitrogen and oxygen atoms in total. The Morgan fingerprint density at radius 3 is 2.88 bits per heavy atom. The highest BCUT2D eigenvalue weighted by Gasteiger charge is 2.32. The van der Waals surface area contributed by atoms with Gasteiger partial charge in [-0.1, -0.05) is 28.1 Å². The Labute approximate surface area is 150 Å². The van der Waals surface area contributed by atoms with Crippen LogP contribution in [-0.4, -0.2) is 18.1 Å². The van der Waals surface area contributed by atoms with E-state index in [9.17, 15) is 4.79 Å². The number of para-hydroxylation sites is 1. The average molecular weight is 390 g/mol. The van der Waals surface area contributed by atoms with Crippen LogP contribution < -0.4 is 14.8 Å². The second-order valence-corrected chi connectivity index (χ2v) is 7.49. The van der Waals surface area contributed by atoms with Gasteiger partial charge in [-0.15, -0.1) is 0 Å². The van der Waals surface area contributed by atoms with Gasteiger partial charge in [-0.3, -0.25) is 4.79 Å². The topological polar surface area (TPSA) is 47.6 Å². The van der Waals surface area contributed by atoms with Gasteiger partial charge in [-0.2, -0.15) is 0 Å². The molecule has 0 aliphatic carbocycles. The van der Waals surface area contributed by atoms with E-state index in [4.69, 9.17) is 9.47 Å². The Balaban J connectivity index is 1.65. The molecule has 1 amide bonds. The molecular weight excluding hydrogens is 370 g/mol. The largest absolute Gasteiger partial charge is 0.483 e. The molecule has 5 heteroatoms. The van der Waals surface area contributed by atoms with Crippen molar-refractivity contribution in [3.8, 4) is 11.5 Å². The number of ether oxygens (including phenoxy) is 2. The molecule has 0 spiro atoms. The molecule has 0 saturated heterocycles. The first-order chi connectivity index (χ1) is 11.3. The molecule has 1 heterocycles. The molecule has 1 aliphatic rings. The fourth-order valence-corrected chi connectivity index (χ4v) is 3.27. The number of fused-ring (bicyclic) bond motifs is 1. The van der Waals surface area contributed by atoms with E-state index < -0.39 is 0 Å². The third-order valence-electron chi connectivity index (χ3n) is 3.88. The van der Waals surface area contributed by atoms with Crippen LogP contribution in [0.4, 0.5) is 5.69 Å². The van der Waals surface area contributed by atoms with Crippen LogP contribution >= 0.6 is 15.9 Å². The third kappa shape index (κ3) is 3.73. The van der Waals surface area contributed by atoms with Gasteiger partial charge >= 0.3 is 0 Å². The van der Waals surface area contributed by atoms with E-state index in [1.54, 1.807) is 0 Å². The quantitative estimate of drug-likeness (QED) is 0.837. The van der Waals surface area contributed by atoms with E-state index in [2.05, 4.69) is 21.2 Å². The van der Waals surface area contributed by atoms with Gasteiger partial charge in [0.1, 0.15) is 5.60 Å². The summed E-state index contributed by atoms with van der Waals surface area (Å²) < 4.78 is 12.6. The molecule has 0 bridgehead atoms. The number of amides is 1. The average Bonchev–Trinajstić information content (AvgIpc) is 2.82. The van der Waals surface area contributed by atoms with Gasteiger partial charge in [0.25, 0.3) is 5.91 Å². The van der Waals surface area contributed by atoms with Crippen LogP contribution in [0.2, 0.25) is 0 Å². The molecule has 0 radical (unpaired) electrons. The molecule has 2 aromatic carbocycles. The van der Waals surface area contributed by atoms with Crippen molar-refractivity contribution in [2.24, 2.45) is 0 Å². The van der Waals surface area contributed by atoms with Crippen LogP contribution in [-0.2, 0) is 11.2 Å². The predicted octanol–water partition coefficient (Wildman–Crippen LogP) is 4.49. The number of carbonyl (C=O) groups is 1. The molecule has 0 atom stereocenters. The lowest BCUT2D eigenvalue weighted by Crippen LogP contribution is -2.25. The second-order valence-electron chi connectivity index (χ2n) is 6.58. The number of hydrogen-bond acceptors (Lipinski definition) is 3. The van der Waals surface area contributed by atoms with Crippen LogP contribution in [0.15, 0.2) is 40.9 Å². The lowest BCUT2D eigenvalue weighted by atomic mass is 10.0. The van der Waals surface area contributed by atoms with Crippen LogP contribution in [0.25, 0.3) is 0 Å². The summed E-state index contributed by atoms with van der Waals surface area (Å²) in [5, 5.41) is 2.87. The fourth-order valence-electron chi connectivity index (χ4n) is 2.80. The first kappa shape index (κ1) is 16.8. The Hall–Kier alpha value is -2.01. The maximum atomic E-state index is 12.2. The third-order valence-corrected chi connectivity index (χ3v) is 4.37. The van der Waals surface area contributed by atoms with Crippen molar-refractivity contribution >= 4 is 27.5 Å². The zero-order valence-electron chi connectivity index (χ0n) is 14.0. The van der Waals surface area contributed by atoms with E-state index in [0.29, 0.717) is 5.75 Å². The summed E-state index contributed by atoms with van der Waals surface area (Å²) in [6.07, 6.45) is 0.837. The Morgan fingerprint density at radius 1 is 1.33 bits per heavy atom. The summed E-state index contributed by atoms with van der Waals surface area (Å²) in [6, 6.07) is 11.5. The molecule has 0 unspecified atom stereocenters. The zero-order chi connectivity index (χ0) is 17.3. The number of carbonyl (C=O) groups excluding carboxylic acids is 1. The molecule has 2 aromatic rings. The first-order valence-electron chi connectivity index (χ1n) is 7.84. The number of aryl methyl sites for hydroxylation is 1. The van der Waals surface area contributed by atoms with Gasteiger partial charge in [-0.25, -0.2) is 0 Å². The molecule has 0 saturated carbocycles. The summed E-state index contributed by atoms with van der Waals surface area (Å²) in [5.41, 5.74) is 2.64. The van der Waals surface area contributed by atoms with E-state index in [1.165, 1.54) is 0 Å². The number of nitrogens with one attached hydrogen (secondary N) is 1. The Bertz CT molecular complexity index is 786. The van der Waals surface area contributed by atoms with E-state index in [0.717, 1.165) is 33.5 Å². The molecule has 0 aromatic heterocycles. The summed E-state index contributed by atoms with van der Waals surface area (Å²) in [5.74, 6) is 1.16. The van der Waals surface area contributed by atoms with Crippen molar-refractivity contribution in [2.75, 3.05) is 11.9 Å². The summed E-state index contributed by atoms with van der Waals surface area (Å²) in [7, 11) is 0. The number of halogens is 1. The summed E-state index contributed by atoms with van der Waals surface area (Å²) in [4.78, 5) is 12.2. The van der Waals surface area contributed by atoms with Gasteiger partial charge in [0, 0.05) is 22.1 Å². The van der Waals surface area contributed by atoms with Crippen molar-refractivity contribution in [2.45, 2.75) is 32.8 Å². The van der Waals surface area contributed by atoms with Crippen molar-refractivity contribution in [3.63, 3.8) is 0 Å². The molecule has 24 heavy (non-hydrogen) atoms. The normalized spacial score (nSPS) is 14.7. The minimum absolute atomic E-state index is 0.0598. The fraction of sp³-hybridized carbons (Fsp3) is 0.316. The van der Waals surface area contributed by atoms with Crippen molar-refractivity contribution in [3.05, 3.63) is 52.0 Å². The van der Waals surface area contributed by atoms with E-state index in [-0.39, 0.29) is 18.1 Å². The number of rotatable bonds is 4. The molecule has 3 rings (SSSR count). The summed E-state index contributed by atoms with van der Waals surface area (Å²) in [6.45, 7) is 5.97. The van der Waals surface area contributed by atoms with E-state index in [1.807, 2.05) is 57.2 Å². The monoisotopic (exact) mass is 389 g/mol. The van der Waals surface area contributed by atoms with Gasteiger partial charge in [0.05, 0.1) is 0 Å². The van der Waals surface area contributed by atoms with Crippen LogP contribution in [0, 0.1) is 6.92 Å². The maximum Gasteiger partial charge on any atom is 0.262 e. The minimum Gasteiger partial charge on any atom is -0.483 e. The lowest BCUT2D eigenvalue weighted by Gasteiger charge is -2.18. The second kappa shape index (κ2) is 6.48. The first-order valence-corrected chi connectivity index (χ1v) is 8.63. The molecule has 126 valence electrons. The Kier molecular flexibility index (Phi) is 4.54. The van der Waals surface area contributed by atoms with Crippen LogP contribution in [0.3, 0.4) is 0 Å². The number of anilines is 1. The number of benzene rings is 2. The number of hydrogen-bond donors (Lipinski definition) is 1. The van der Waals surface area contributed by atoms with Crippen molar-refractivity contribution in [1.29, 1.82) is 0 Å². The van der Waals surface area contributed by atoms with Crippen molar-refractivity contribution < 1.29 is 14.3 Å². The van der Waals surface area contributed by atoms with Gasteiger partial charge in [0.2, 0.25) is 0 Å². The highest BCUT2D eigenvalue weighted by Crippen LogP contribution is 2.41. The van der Waals surface area contributed by atoms with Gasteiger partial charge < -0.3 is 14.8 Å².